The molecule has 0 spiro atoms. The van der Waals surface area contributed by atoms with E-state index in [1.54, 1.807) is 18.2 Å². The molecule has 2 N–H and O–H groups in total. The first-order valence-electron chi connectivity index (χ1n) is 6.87. The molecule has 1 amide bonds. The maximum absolute atomic E-state index is 12.2. The SMILES string of the molecule is O=C(Nc1ccccc1O)c1nnn(Cc2ccccc2)c1Cl. The van der Waals surface area contributed by atoms with Crippen LogP contribution < -0.4 is 5.32 Å². The first kappa shape index (κ1) is 15.1. The molecular formula is C16H13ClN4O2. The van der Waals surface area contributed by atoms with Gasteiger partial charge in [0.25, 0.3) is 5.91 Å². The third-order valence-electron chi connectivity index (χ3n) is 3.22. The zero-order valence-electron chi connectivity index (χ0n) is 12.0. The van der Waals surface area contributed by atoms with E-state index in [0.717, 1.165) is 5.56 Å². The number of phenolic OH excluding ortho intramolecular Hbond substituents is 1. The van der Waals surface area contributed by atoms with Crippen molar-refractivity contribution in [3.63, 3.8) is 0 Å². The smallest absolute Gasteiger partial charge is 0.279 e. The van der Waals surface area contributed by atoms with Crippen LogP contribution in [0.2, 0.25) is 5.15 Å². The molecule has 0 unspecified atom stereocenters. The molecule has 1 heterocycles. The molecule has 0 fully saturated rings. The second kappa shape index (κ2) is 6.50. The number of aromatic nitrogens is 3. The van der Waals surface area contributed by atoms with Crippen molar-refractivity contribution in [3.8, 4) is 5.75 Å². The summed E-state index contributed by atoms with van der Waals surface area (Å²) in [4.78, 5) is 12.2. The van der Waals surface area contributed by atoms with Crippen LogP contribution in [0.1, 0.15) is 16.1 Å². The molecule has 0 aliphatic heterocycles. The number of rotatable bonds is 4. The number of anilines is 1. The number of nitrogens with zero attached hydrogens (tertiary/aromatic N) is 3. The maximum atomic E-state index is 12.2. The van der Waals surface area contributed by atoms with Gasteiger partial charge >= 0.3 is 0 Å². The molecule has 0 atom stereocenters. The van der Waals surface area contributed by atoms with Crippen molar-refractivity contribution in [1.29, 1.82) is 0 Å². The standard InChI is InChI=1S/C16H13ClN4O2/c17-15-14(16(23)18-12-8-4-5-9-13(12)22)19-20-21(15)10-11-6-2-1-3-7-11/h1-9,22H,10H2,(H,18,23). The number of benzene rings is 2. The third-order valence-corrected chi connectivity index (χ3v) is 3.59. The lowest BCUT2D eigenvalue weighted by atomic mass is 10.2. The third kappa shape index (κ3) is 3.32. The highest BCUT2D eigenvalue weighted by Gasteiger charge is 2.19. The zero-order valence-corrected chi connectivity index (χ0v) is 12.7. The number of aromatic hydroxyl groups is 1. The Morgan fingerprint density at radius 2 is 1.83 bits per heavy atom. The Bertz CT molecular complexity index is 833. The Balaban J connectivity index is 1.79. The van der Waals surface area contributed by atoms with Crippen molar-refractivity contribution in [2.45, 2.75) is 6.54 Å². The number of hydrogen-bond donors (Lipinski definition) is 2. The topological polar surface area (TPSA) is 80.0 Å². The minimum Gasteiger partial charge on any atom is -0.506 e. The first-order chi connectivity index (χ1) is 11.1. The van der Waals surface area contributed by atoms with E-state index in [2.05, 4.69) is 15.6 Å². The maximum Gasteiger partial charge on any atom is 0.279 e. The molecule has 116 valence electrons. The van der Waals surface area contributed by atoms with Gasteiger partial charge in [0.1, 0.15) is 5.75 Å². The summed E-state index contributed by atoms with van der Waals surface area (Å²) >= 11 is 6.19. The molecule has 0 saturated heterocycles. The van der Waals surface area contributed by atoms with Gasteiger partial charge < -0.3 is 10.4 Å². The fourth-order valence-electron chi connectivity index (χ4n) is 2.06. The lowest BCUT2D eigenvalue weighted by Gasteiger charge is -2.05. The van der Waals surface area contributed by atoms with E-state index < -0.39 is 5.91 Å². The lowest BCUT2D eigenvalue weighted by Crippen LogP contribution is -2.13. The van der Waals surface area contributed by atoms with Gasteiger partial charge in [-0.25, -0.2) is 4.68 Å². The normalized spacial score (nSPS) is 10.5. The highest BCUT2D eigenvalue weighted by Crippen LogP contribution is 2.23. The molecule has 0 aliphatic carbocycles. The van der Waals surface area contributed by atoms with Gasteiger partial charge in [0, 0.05) is 0 Å². The molecule has 7 heteroatoms. The predicted molar refractivity (Wildman–Crippen MR) is 86.6 cm³/mol. The average Bonchev–Trinajstić information content (AvgIpc) is 2.92. The Labute approximate surface area is 137 Å². The van der Waals surface area contributed by atoms with Gasteiger partial charge in [-0.1, -0.05) is 59.3 Å². The number of phenols is 1. The average molecular weight is 329 g/mol. The van der Waals surface area contributed by atoms with Crippen molar-refractivity contribution in [2.24, 2.45) is 0 Å². The number of amides is 1. The van der Waals surface area contributed by atoms with Crippen molar-refractivity contribution in [3.05, 3.63) is 71.0 Å². The minimum atomic E-state index is -0.532. The molecule has 1 aromatic heterocycles. The van der Waals surface area contributed by atoms with Crippen LogP contribution in [0.3, 0.4) is 0 Å². The van der Waals surface area contributed by atoms with Gasteiger partial charge in [-0.15, -0.1) is 5.10 Å². The number of carbonyl (C=O) groups is 1. The lowest BCUT2D eigenvalue weighted by molar-refractivity contribution is 0.102. The van der Waals surface area contributed by atoms with E-state index in [9.17, 15) is 9.90 Å². The number of para-hydroxylation sites is 2. The first-order valence-corrected chi connectivity index (χ1v) is 7.25. The monoisotopic (exact) mass is 328 g/mol. The van der Waals surface area contributed by atoms with Crippen LogP contribution in [-0.4, -0.2) is 26.0 Å². The van der Waals surface area contributed by atoms with Gasteiger partial charge in [-0.3, -0.25) is 4.79 Å². The summed E-state index contributed by atoms with van der Waals surface area (Å²) in [7, 11) is 0. The molecule has 3 aromatic rings. The second-order valence-electron chi connectivity index (χ2n) is 4.84. The van der Waals surface area contributed by atoms with Crippen LogP contribution in [0.25, 0.3) is 0 Å². The van der Waals surface area contributed by atoms with E-state index in [4.69, 9.17) is 11.6 Å². The summed E-state index contributed by atoms with van der Waals surface area (Å²) in [6, 6.07) is 16.0. The van der Waals surface area contributed by atoms with Gasteiger partial charge in [0.05, 0.1) is 12.2 Å². The number of hydrogen-bond acceptors (Lipinski definition) is 4. The van der Waals surface area contributed by atoms with Gasteiger partial charge in [0.15, 0.2) is 10.8 Å². The fraction of sp³-hybridized carbons (Fsp3) is 0.0625. The van der Waals surface area contributed by atoms with E-state index >= 15 is 0 Å². The minimum absolute atomic E-state index is 0.00542. The number of halogens is 1. The molecule has 0 aliphatic rings. The molecular weight excluding hydrogens is 316 g/mol. The molecule has 0 saturated carbocycles. The second-order valence-corrected chi connectivity index (χ2v) is 5.20. The molecule has 0 radical (unpaired) electrons. The van der Waals surface area contributed by atoms with Crippen molar-refractivity contribution >= 4 is 23.2 Å². The Morgan fingerprint density at radius 3 is 2.57 bits per heavy atom. The molecule has 3 rings (SSSR count). The Morgan fingerprint density at radius 1 is 1.13 bits per heavy atom. The molecule has 23 heavy (non-hydrogen) atoms. The number of carbonyl (C=O) groups excluding carboxylic acids is 1. The van der Waals surface area contributed by atoms with Crippen LogP contribution in [0.4, 0.5) is 5.69 Å². The predicted octanol–water partition coefficient (Wildman–Crippen LogP) is 2.94. The summed E-state index contributed by atoms with van der Waals surface area (Å²) in [5.41, 5.74) is 1.28. The van der Waals surface area contributed by atoms with Crippen molar-refractivity contribution in [2.75, 3.05) is 5.32 Å². The molecule has 0 bridgehead atoms. The summed E-state index contributed by atoms with van der Waals surface area (Å²) in [5, 5.41) is 20.1. The van der Waals surface area contributed by atoms with Crippen LogP contribution in [0, 0.1) is 0 Å². The highest BCUT2D eigenvalue weighted by atomic mass is 35.5. The van der Waals surface area contributed by atoms with Crippen LogP contribution >= 0.6 is 11.6 Å². The van der Waals surface area contributed by atoms with E-state index in [1.165, 1.54) is 10.7 Å². The van der Waals surface area contributed by atoms with E-state index in [0.29, 0.717) is 6.54 Å². The summed E-state index contributed by atoms with van der Waals surface area (Å²) in [6.07, 6.45) is 0. The van der Waals surface area contributed by atoms with Crippen molar-refractivity contribution < 1.29 is 9.90 Å². The van der Waals surface area contributed by atoms with Crippen LogP contribution in [0.5, 0.6) is 5.75 Å². The van der Waals surface area contributed by atoms with E-state index in [-0.39, 0.29) is 22.3 Å². The van der Waals surface area contributed by atoms with Gasteiger partial charge in [-0.2, -0.15) is 0 Å². The molecule has 2 aromatic carbocycles. The zero-order chi connectivity index (χ0) is 16.2. The van der Waals surface area contributed by atoms with E-state index in [1.807, 2.05) is 30.3 Å². The number of nitrogens with one attached hydrogen (secondary N) is 1. The molecule has 6 nitrogen and oxygen atoms in total. The van der Waals surface area contributed by atoms with Crippen LogP contribution in [0.15, 0.2) is 54.6 Å². The summed E-state index contributed by atoms with van der Waals surface area (Å²) in [5.74, 6) is -0.565. The quantitative estimate of drug-likeness (QED) is 0.722. The Kier molecular flexibility index (Phi) is 4.25. The van der Waals surface area contributed by atoms with Crippen molar-refractivity contribution in [1.82, 2.24) is 15.0 Å². The largest absolute Gasteiger partial charge is 0.506 e. The van der Waals surface area contributed by atoms with Gasteiger partial charge in [-0.05, 0) is 17.7 Å². The Hall–Kier alpha value is -2.86. The fourth-order valence-corrected chi connectivity index (χ4v) is 2.28. The summed E-state index contributed by atoms with van der Waals surface area (Å²) < 4.78 is 1.44. The highest BCUT2D eigenvalue weighted by molar-refractivity contribution is 6.33. The van der Waals surface area contributed by atoms with Gasteiger partial charge in [0.2, 0.25) is 0 Å². The summed E-state index contributed by atoms with van der Waals surface area (Å²) in [6.45, 7) is 0.413. The van der Waals surface area contributed by atoms with Crippen LogP contribution in [-0.2, 0) is 6.54 Å².